The van der Waals surface area contributed by atoms with Gasteiger partial charge < -0.3 is 24.0 Å². The first-order valence-electron chi connectivity index (χ1n) is 6.58. The van der Waals surface area contributed by atoms with Crippen LogP contribution >= 0.6 is 23.2 Å². The smallest absolute Gasteiger partial charge is 0.360 e. The van der Waals surface area contributed by atoms with Crippen molar-refractivity contribution in [3.63, 3.8) is 0 Å². The van der Waals surface area contributed by atoms with Crippen LogP contribution in [-0.2, 0) is 0 Å². The summed E-state index contributed by atoms with van der Waals surface area (Å²) in [5.41, 5.74) is 3.08. The fourth-order valence-corrected chi connectivity index (χ4v) is 2.63. The Labute approximate surface area is 156 Å². The Kier molecular flexibility index (Phi) is 5.84. The van der Waals surface area contributed by atoms with Gasteiger partial charge in [0, 0.05) is 21.7 Å². The lowest BCUT2D eigenvalue weighted by Gasteiger charge is -2.01. The molecule has 0 fully saturated rings. The van der Waals surface area contributed by atoms with E-state index in [9.17, 15) is 0 Å². The predicted molar refractivity (Wildman–Crippen MR) is 88.7 cm³/mol. The third-order valence-electron chi connectivity index (χ3n) is 3.18. The number of benzene rings is 2. The van der Waals surface area contributed by atoms with Gasteiger partial charge in [0.25, 0.3) is 0 Å². The first kappa shape index (κ1) is 17.3. The Morgan fingerprint density at radius 2 is 1.32 bits per heavy atom. The van der Waals surface area contributed by atoms with Gasteiger partial charge >= 0.3 is 11.5 Å². The van der Waals surface area contributed by atoms with Gasteiger partial charge in [0.1, 0.15) is 0 Å². The minimum atomic E-state index is 0. The normalized spacial score (nSPS) is 10.1. The Balaban J connectivity index is 0.00000176. The van der Waals surface area contributed by atoms with Crippen LogP contribution in [0.1, 0.15) is 5.76 Å². The van der Waals surface area contributed by atoms with E-state index in [-0.39, 0.29) is 24.0 Å². The number of halogens is 3. The van der Waals surface area contributed by atoms with Crippen molar-refractivity contribution in [1.82, 2.24) is 0 Å². The molecule has 1 heterocycles. The summed E-state index contributed by atoms with van der Waals surface area (Å²) in [5.74, 6) is 1.62. The van der Waals surface area contributed by atoms with Gasteiger partial charge in [0.15, 0.2) is 0 Å². The molecule has 22 heavy (non-hydrogen) atoms. The van der Waals surface area contributed by atoms with Crippen molar-refractivity contribution in [3.05, 3.63) is 76.5 Å². The second-order valence-electron chi connectivity index (χ2n) is 4.84. The first-order valence-corrected chi connectivity index (χ1v) is 7.34. The van der Waals surface area contributed by atoms with Crippen molar-refractivity contribution in [1.29, 1.82) is 0 Å². The molecule has 0 atom stereocenters. The molecule has 0 aliphatic heterocycles. The summed E-state index contributed by atoms with van der Waals surface area (Å²) < 4.78 is 5.82. The highest BCUT2D eigenvalue weighted by atomic mass is 127. The zero-order valence-electron chi connectivity index (χ0n) is 11.8. The number of rotatable bonds is 2. The van der Waals surface area contributed by atoms with Gasteiger partial charge in [-0.05, 0) is 35.9 Å². The van der Waals surface area contributed by atoms with Crippen LogP contribution in [0.3, 0.4) is 0 Å². The van der Waals surface area contributed by atoms with Crippen molar-refractivity contribution in [2.45, 2.75) is 6.92 Å². The Morgan fingerprint density at radius 1 is 0.727 bits per heavy atom. The van der Waals surface area contributed by atoms with Crippen LogP contribution in [0.25, 0.3) is 22.5 Å². The molecule has 3 aromatic rings. The van der Waals surface area contributed by atoms with Gasteiger partial charge in [-0.15, -0.1) is 0 Å². The summed E-state index contributed by atoms with van der Waals surface area (Å²) in [6.45, 7) is 1.93. The van der Waals surface area contributed by atoms with Crippen LogP contribution in [-0.4, -0.2) is 0 Å². The molecular formula is C18H13Cl2IO. The van der Waals surface area contributed by atoms with Gasteiger partial charge in [0.05, 0.1) is 18.6 Å². The molecule has 1 nitrogen and oxygen atoms in total. The Bertz CT molecular complexity index is 739. The molecule has 112 valence electrons. The molecule has 3 rings (SSSR count). The average Bonchev–Trinajstić information content (AvgIpc) is 2.46. The molecule has 0 N–H and O–H groups in total. The minimum absolute atomic E-state index is 0. The number of hydrogen-bond acceptors (Lipinski definition) is 0. The monoisotopic (exact) mass is 442 g/mol. The molecule has 0 radical (unpaired) electrons. The fraction of sp³-hybridized carbons (Fsp3) is 0.0556. The van der Waals surface area contributed by atoms with Crippen molar-refractivity contribution < 1.29 is 28.4 Å². The van der Waals surface area contributed by atoms with Gasteiger partial charge in [-0.2, -0.15) is 0 Å². The van der Waals surface area contributed by atoms with E-state index in [1.54, 1.807) is 0 Å². The molecule has 0 aliphatic rings. The molecule has 0 amide bonds. The lowest BCUT2D eigenvalue weighted by atomic mass is 10.0. The lowest BCUT2D eigenvalue weighted by molar-refractivity contribution is -0.00000463. The van der Waals surface area contributed by atoms with E-state index < -0.39 is 0 Å². The number of aryl methyl sites for hydroxylation is 1. The highest BCUT2D eigenvalue weighted by Crippen LogP contribution is 2.30. The highest BCUT2D eigenvalue weighted by Gasteiger charge is 2.16. The van der Waals surface area contributed by atoms with Crippen molar-refractivity contribution in [2.24, 2.45) is 0 Å². The van der Waals surface area contributed by atoms with E-state index in [1.807, 2.05) is 67.6 Å². The van der Waals surface area contributed by atoms with E-state index in [0.717, 1.165) is 33.2 Å². The van der Waals surface area contributed by atoms with Crippen molar-refractivity contribution >= 4 is 23.2 Å². The summed E-state index contributed by atoms with van der Waals surface area (Å²) in [6, 6.07) is 19.4. The molecular weight excluding hydrogens is 430 g/mol. The SMILES string of the molecule is Cc1cc(-c2cccc(Cl)c2)cc(-c2cccc(Cl)c2)[o+]1.[I-]. The molecule has 0 unspecified atom stereocenters. The first-order chi connectivity index (χ1) is 10.1. The second kappa shape index (κ2) is 7.44. The van der Waals surface area contributed by atoms with Gasteiger partial charge in [-0.1, -0.05) is 41.4 Å². The maximum absolute atomic E-state index is 6.07. The third-order valence-corrected chi connectivity index (χ3v) is 3.65. The summed E-state index contributed by atoms with van der Waals surface area (Å²) in [7, 11) is 0. The largest absolute Gasteiger partial charge is 1.00 e. The van der Waals surface area contributed by atoms with E-state index in [2.05, 4.69) is 0 Å². The highest BCUT2D eigenvalue weighted by molar-refractivity contribution is 6.31. The molecule has 0 saturated heterocycles. The summed E-state index contributed by atoms with van der Waals surface area (Å²) in [5, 5.41) is 1.41. The van der Waals surface area contributed by atoms with Crippen LogP contribution in [0, 0.1) is 6.92 Å². The second-order valence-corrected chi connectivity index (χ2v) is 5.71. The maximum atomic E-state index is 6.07. The molecule has 4 heteroatoms. The topological polar surface area (TPSA) is 11.3 Å². The molecule has 0 aliphatic carbocycles. The summed E-state index contributed by atoms with van der Waals surface area (Å²) >= 11 is 12.1. The van der Waals surface area contributed by atoms with Gasteiger partial charge in [0.2, 0.25) is 0 Å². The molecule has 2 aromatic carbocycles. The molecule has 1 aromatic heterocycles. The minimum Gasteiger partial charge on any atom is -1.00 e. The quantitative estimate of drug-likeness (QED) is 0.436. The van der Waals surface area contributed by atoms with Crippen LogP contribution < -0.4 is 24.0 Å². The zero-order chi connectivity index (χ0) is 14.8. The molecule has 0 spiro atoms. The summed E-state index contributed by atoms with van der Waals surface area (Å²) in [4.78, 5) is 0. The van der Waals surface area contributed by atoms with E-state index in [0.29, 0.717) is 5.02 Å². The van der Waals surface area contributed by atoms with Crippen LogP contribution in [0.5, 0.6) is 0 Å². The van der Waals surface area contributed by atoms with Gasteiger partial charge in [-0.25, -0.2) is 4.42 Å². The standard InChI is InChI=1S/C18H13Cl2O.HI/c1-12-8-15(13-4-2-6-16(19)9-13)11-18(21-12)14-5-3-7-17(20)10-14;/h2-11H,1H3;1H/q+1;/p-1. The van der Waals surface area contributed by atoms with Gasteiger partial charge in [-0.3, -0.25) is 0 Å². The summed E-state index contributed by atoms with van der Waals surface area (Å²) in [6.07, 6.45) is 0. The van der Waals surface area contributed by atoms with E-state index in [4.69, 9.17) is 27.6 Å². The van der Waals surface area contributed by atoms with Crippen LogP contribution in [0.2, 0.25) is 10.0 Å². The van der Waals surface area contributed by atoms with E-state index >= 15 is 0 Å². The molecule has 0 saturated carbocycles. The third kappa shape index (κ3) is 4.00. The fourth-order valence-electron chi connectivity index (χ4n) is 2.25. The van der Waals surface area contributed by atoms with E-state index in [1.165, 1.54) is 0 Å². The average molecular weight is 443 g/mol. The van der Waals surface area contributed by atoms with Crippen LogP contribution in [0.4, 0.5) is 0 Å². The van der Waals surface area contributed by atoms with Crippen LogP contribution in [0.15, 0.2) is 65.1 Å². The molecule has 0 bridgehead atoms. The predicted octanol–water partition coefficient (Wildman–Crippen LogP) is 3.51. The lowest BCUT2D eigenvalue weighted by Crippen LogP contribution is -3.00. The zero-order valence-corrected chi connectivity index (χ0v) is 15.5. The maximum Gasteiger partial charge on any atom is 0.360 e. The Morgan fingerprint density at radius 3 is 1.95 bits per heavy atom. The van der Waals surface area contributed by atoms with Crippen molar-refractivity contribution in [3.8, 4) is 22.5 Å². The van der Waals surface area contributed by atoms with Crippen molar-refractivity contribution in [2.75, 3.05) is 0 Å². The Hall–Kier alpha value is -1.10. The number of hydrogen-bond donors (Lipinski definition) is 0.